The fourth-order valence-corrected chi connectivity index (χ4v) is 5.23. The molecule has 4 rings (SSSR count). The summed E-state index contributed by atoms with van der Waals surface area (Å²) in [4.78, 5) is 30.8. The maximum absolute atomic E-state index is 13.9. The van der Waals surface area contributed by atoms with E-state index in [2.05, 4.69) is 46.4 Å². The van der Waals surface area contributed by atoms with Gasteiger partial charge in [-0.15, -0.1) is 0 Å². The Balaban J connectivity index is 1.50. The van der Waals surface area contributed by atoms with Gasteiger partial charge in [0.1, 0.15) is 12.3 Å². The molecule has 1 fully saturated rings. The summed E-state index contributed by atoms with van der Waals surface area (Å²) < 4.78 is 7.61. The van der Waals surface area contributed by atoms with Gasteiger partial charge in [0.25, 0.3) is 0 Å². The summed E-state index contributed by atoms with van der Waals surface area (Å²) in [6.45, 7) is 3.86. The SMILES string of the molecule is CCCN(CC(=O)N(Cc1cccn1Cc1ccccc1)C1CCCCC1)C(=O)Nc1ccccc1OC. The molecule has 1 aliphatic rings. The number of ether oxygens (including phenoxy) is 1. The monoisotopic (exact) mass is 516 g/mol. The molecule has 0 radical (unpaired) electrons. The molecule has 0 unspecified atom stereocenters. The normalized spacial score (nSPS) is 13.6. The van der Waals surface area contributed by atoms with Gasteiger partial charge >= 0.3 is 6.03 Å². The minimum absolute atomic E-state index is 0.00649. The summed E-state index contributed by atoms with van der Waals surface area (Å²) in [6, 6.07) is 21.7. The molecule has 3 aromatic rings. The highest BCUT2D eigenvalue weighted by molar-refractivity contribution is 5.93. The van der Waals surface area contributed by atoms with Gasteiger partial charge in [-0.05, 0) is 49.1 Å². The Bertz CT molecular complexity index is 1170. The van der Waals surface area contributed by atoms with Crippen LogP contribution >= 0.6 is 0 Å². The van der Waals surface area contributed by atoms with Gasteiger partial charge in [0.05, 0.1) is 19.3 Å². The maximum Gasteiger partial charge on any atom is 0.322 e. The van der Waals surface area contributed by atoms with Gasteiger partial charge in [-0.2, -0.15) is 0 Å². The number of methoxy groups -OCH3 is 1. The van der Waals surface area contributed by atoms with E-state index in [0.29, 0.717) is 24.5 Å². The Labute approximate surface area is 226 Å². The second-order valence-corrected chi connectivity index (χ2v) is 9.98. The van der Waals surface area contributed by atoms with Crippen molar-refractivity contribution >= 4 is 17.6 Å². The zero-order valence-corrected chi connectivity index (χ0v) is 22.6. The van der Waals surface area contributed by atoms with Gasteiger partial charge in [0.15, 0.2) is 0 Å². The van der Waals surface area contributed by atoms with Crippen molar-refractivity contribution in [2.45, 2.75) is 64.6 Å². The van der Waals surface area contributed by atoms with Crippen molar-refractivity contribution in [3.05, 3.63) is 84.2 Å². The van der Waals surface area contributed by atoms with E-state index in [4.69, 9.17) is 4.74 Å². The first-order chi connectivity index (χ1) is 18.6. The fraction of sp³-hybridized carbons (Fsp3) is 0.419. The van der Waals surface area contributed by atoms with Crippen LogP contribution in [0.1, 0.15) is 56.7 Å². The van der Waals surface area contributed by atoms with Gasteiger partial charge in [-0.1, -0.05) is 68.7 Å². The number of anilines is 1. The zero-order chi connectivity index (χ0) is 26.7. The highest BCUT2D eigenvalue weighted by Crippen LogP contribution is 2.26. The minimum atomic E-state index is -0.291. The largest absolute Gasteiger partial charge is 0.495 e. The van der Waals surface area contributed by atoms with Crippen molar-refractivity contribution in [1.29, 1.82) is 0 Å². The third-order valence-corrected chi connectivity index (χ3v) is 7.24. The summed E-state index contributed by atoms with van der Waals surface area (Å²) in [7, 11) is 1.58. The molecule has 1 N–H and O–H groups in total. The van der Waals surface area contributed by atoms with Crippen molar-refractivity contribution in [2.75, 3.05) is 25.5 Å². The van der Waals surface area contributed by atoms with E-state index in [9.17, 15) is 9.59 Å². The molecule has 0 saturated heterocycles. The number of hydrogen-bond donors (Lipinski definition) is 1. The number of nitrogens with one attached hydrogen (secondary N) is 1. The van der Waals surface area contributed by atoms with E-state index in [1.807, 2.05) is 36.1 Å². The van der Waals surface area contributed by atoms with Crippen LogP contribution in [-0.2, 0) is 17.9 Å². The van der Waals surface area contributed by atoms with Gasteiger partial charge < -0.3 is 24.4 Å². The number of hydrogen-bond acceptors (Lipinski definition) is 3. The lowest BCUT2D eigenvalue weighted by Crippen LogP contribution is -2.48. The first-order valence-electron chi connectivity index (χ1n) is 13.8. The fourth-order valence-electron chi connectivity index (χ4n) is 5.23. The van der Waals surface area contributed by atoms with E-state index in [1.165, 1.54) is 12.0 Å². The lowest BCUT2D eigenvalue weighted by atomic mass is 9.94. The molecule has 0 spiro atoms. The van der Waals surface area contributed by atoms with E-state index in [-0.39, 0.29) is 24.5 Å². The molecule has 38 heavy (non-hydrogen) atoms. The quantitative estimate of drug-likeness (QED) is 0.332. The number of carbonyl (C=O) groups excluding carboxylic acids is 2. The summed E-state index contributed by atoms with van der Waals surface area (Å²) in [6.07, 6.45) is 8.33. The number of benzene rings is 2. The Morgan fingerprint density at radius 2 is 1.71 bits per heavy atom. The van der Waals surface area contributed by atoms with Crippen LogP contribution in [0.15, 0.2) is 72.9 Å². The Kier molecular flexibility index (Phi) is 9.84. The van der Waals surface area contributed by atoms with E-state index in [1.54, 1.807) is 24.1 Å². The number of aromatic nitrogens is 1. The van der Waals surface area contributed by atoms with Crippen LogP contribution in [0.4, 0.5) is 10.5 Å². The van der Waals surface area contributed by atoms with Crippen molar-refractivity contribution in [2.24, 2.45) is 0 Å². The lowest BCUT2D eigenvalue weighted by Gasteiger charge is -2.36. The predicted molar refractivity (Wildman–Crippen MR) is 151 cm³/mol. The van der Waals surface area contributed by atoms with Crippen LogP contribution in [0.2, 0.25) is 0 Å². The Morgan fingerprint density at radius 3 is 2.45 bits per heavy atom. The van der Waals surface area contributed by atoms with Crippen LogP contribution < -0.4 is 10.1 Å². The predicted octanol–water partition coefficient (Wildman–Crippen LogP) is 6.15. The molecule has 7 heteroatoms. The number of para-hydroxylation sites is 2. The van der Waals surface area contributed by atoms with Crippen molar-refractivity contribution in [1.82, 2.24) is 14.4 Å². The highest BCUT2D eigenvalue weighted by Gasteiger charge is 2.29. The molecule has 7 nitrogen and oxygen atoms in total. The first kappa shape index (κ1) is 27.3. The van der Waals surface area contributed by atoms with Gasteiger partial charge in [-0.3, -0.25) is 4.79 Å². The lowest BCUT2D eigenvalue weighted by molar-refractivity contribution is -0.135. The van der Waals surface area contributed by atoms with Crippen LogP contribution in [0.3, 0.4) is 0 Å². The van der Waals surface area contributed by atoms with Crippen molar-refractivity contribution in [3.8, 4) is 5.75 Å². The van der Waals surface area contributed by atoms with Gasteiger partial charge in [0, 0.05) is 31.0 Å². The molecule has 3 amide bonds. The van der Waals surface area contributed by atoms with Crippen LogP contribution in [0, 0.1) is 0 Å². The average Bonchev–Trinajstić information content (AvgIpc) is 3.39. The van der Waals surface area contributed by atoms with Crippen molar-refractivity contribution < 1.29 is 14.3 Å². The standard InChI is InChI=1S/C31H40N4O3/c1-3-20-34(31(37)32-28-18-10-11-19-29(28)38-2)24-30(36)35(26-15-8-5-9-16-26)23-27-17-12-21-33(27)22-25-13-6-4-7-14-25/h4,6-7,10-14,17-19,21,26H,3,5,8-9,15-16,20,22-24H2,1-2H3,(H,32,37). The highest BCUT2D eigenvalue weighted by atomic mass is 16.5. The minimum Gasteiger partial charge on any atom is -0.495 e. The van der Waals surface area contributed by atoms with E-state index in [0.717, 1.165) is 44.3 Å². The summed E-state index contributed by atoms with van der Waals surface area (Å²) in [5.74, 6) is 0.583. The molecule has 202 valence electrons. The molecule has 1 saturated carbocycles. The molecule has 0 bridgehead atoms. The van der Waals surface area contributed by atoms with Crippen LogP contribution in [-0.4, -0.2) is 52.5 Å². The molecule has 0 atom stereocenters. The van der Waals surface area contributed by atoms with Gasteiger partial charge in [0.2, 0.25) is 5.91 Å². The number of rotatable bonds is 11. The first-order valence-corrected chi connectivity index (χ1v) is 13.8. The number of urea groups is 1. The van der Waals surface area contributed by atoms with E-state index >= 15 is 0 Å². The third kappa shape index (κ3) is 7.18. The molecule has 1 aromatic heterocycles. The van der Waals surface area contributed by atoms with Gasteiger partial charge in [-0.25, -0.2) is 4.79 Å². The number of carbonyl (C=O) groups is 2. The molecule has 1 aliphatic carbocycles. The third-order valence-electron chi connectivity index (χ3n) is 7.24. The summed E-state index contributed by atoms with van der Waals surface area (Å²) >= 11 is 0. The second kappa shape index (κ2) is 13.7. The number of amides is 3. The van der Waals surface area contributed by atoms with E-state index < -0.39 is 0 Å². The average molecular weight is 517 g/mol. The molecule has 0 aliphatic heterocycles. The maximum atomic E-state index is 13.9. The molecular weight excluding hydrogens is 476 g/mol. The zero-order valence-electron chi connectivity index (χ0n) is 22.6. The molecule has 2 aromatic carbocycles. The van der Waals surface area contributed by atoms with Crippen molar-refractivity contribution in [3.63, 3.8) is 0 Å². The molecule has 1 heterocycles. The summed E-state index contributed by atoms with van der Waals surface area (Å²) in [5, 5.41) is 2.94. The molecular formula is C31H40N4O3. The summed E-state index contributed by atoms with van der Waals surface area (Å²) in [5.41, 5.74) is 2.92. The second-order valence-electron chi connectivity index (χ2n) is 9.98. The smallest absolute Gasteiger partial charge is 0.322 e. The topological polar surface area (TPSA) is 66.8 Å². The van der Waals surface area contributed by atoms with Crippen LogP contribution in [0.25, 0.3) is 0 Å². The Hall–Kier alpha value is -3.74. The number of nitrogens with zero attached hydrogens (tertiary/aromatic N) is 3. The van der Waals surface area contributed by atoms with Crippen LogP contribution in [0.5, 0.6) is 5.75 Å². The Morgan fingerprint density at radius 1 is 0.974 bits per heavy atom.